The molecule has 3 heterocycles. The monoisotopic (exact) mass is 443 g/mol. The molecule has 0 spiro atoms. The molecule has 1 aromatic carbocycles. The quantitative estimate of drug-likeness (QED) is 0.391. The minimum absolute atomic E-state index is 0.301. The fourth-order valence-corrected chi connectivity index (χ4v) is 3.12. The number of anilines is 4. The van der Waals surface area contributed by atoms with E-state index in [0.29, 0.717) is 29.2 Å². The molecule has 3 N–H and O–H groups in total. The van der Waals surface area contributed by atoms with E-state index in [2.05, 4.69) is 41.1 Å². The predicted molar refractivity (Wildman–Crippen MR) is 122 cm³/mol. The molecule has 0 radical (unpaired) electrons. The van der Waals surface area contributed by atoms with Crippen LogP contribution in [0.1, 0.15) is 18.4 Å². The topological polar surface area (TPSA) is 132 Å². The lowest BCUT2D eigenvalue weighted by atomic mass is 10.2. The summed E-state index contributed by atoms with van der Waals surface area (Å²) in [5.74, 6) is 2.36. The number of ether oxygens (including phenoxy) is 1. The van der Waals surface area contributed by atoms with Crippen molar-refractivity contribution in [3.05, 3.63) is 67.0 Å². The molecule has 4 aromatic rings. The van der Waals surface area contributed by atoms with Gasteiger partial charge in [0.15, 0.2) is 5.75 Å². The molecule has 3 aromatic heterocycles. The van der Waals surface area contributed by atoms with Gasteiger partial charge in [-0.3, -0.25) is 9.88 Å². The van der Waals surface area contributed by atoms with E-state index in [0.717, 1.165) is 29.9 Å². The number of benzene rings is 1. The highest BCUT2D eigenvalue weighted by Crippen LogP contribution is 2.27. The van der Waals surface area contributed by atoms with Crippen molar-refractivity contribution in [2.45, 2.75) is 25.8 Å². The standard InChI is InChI=1S/C22H21N9O2/c1-14-2-3-16(29-22(32)33-17-6-7-26-27-12-17)10-18(14)30-21-23-8-9-31(21)20-11-19(24-13-25-20)28-15-4-5-15/h2-3,6-13,15H,4-5H2,1H3,(H,23,30)(H,29,32)(H,24,25,28). The number of nitrogens with one attached hydrogen (secondary N) is 3. The van der Waals surface area contributed by atoms with Crippen molar-refractivity contribution in [1.82, 2.24) is 29.7 Å². The first-order valence-electron chi connectivity index (χ1n) is 10.4. The summed E-state index contributed by atoms with van der Waals surface area (Å²) in [6, 6.07) is 9.42. The Kier molecular flexibility index (Phi) is 5.50. The maximum Gasteiger partial charge on any atom is 0.417 e. The van der Waals surface area contributed by atoms with Crippen LogP contribution in [0.15, 0.2) is 61.4 Å². The minimum Gasteiger partial charge on any atom is -0.408 e. The Morgan fingerprint density at radius 2 is 2.00 bits per heavy atom. The number of aromatic nitrogens is 6. The van der Waals surface area contributed by atoms with Crippen LogP contribution >= 0.6 is 0 Å². The molecule has 11 nitrogen and oxygen atoms in total. The van der Waals surface area contributed by atoms with Gasteiger partial charge in [0.1, 0.15) is 18.0 Å². The number of imidazole rings is 1. The van der Waals surface area contributed by atoms with E-state index in [1.807, 2.05) is 29.8 Å². The Bertz CT molecular complexity index is 1270. The van der Waals surface area contributed by atoms with Gasteiger partial charge in [-0.25, -0.2) is 19.7 Å². The lowest BCUT2D eigenvalue weighted by molar-refractivity contribution is 0.215. The third kappa shape index (κ3) is 5.03. The van der Waals surface area contributed by atoms with Crippen LogP contribution in [0, 0.1) is 6.92 Å². The molecular formula is C22H21N9O2. The summed E-state index contributed by atoms with van der Waals surface area (Å²) < 4.78 is 7.04. The van der Waals surface area contributed by atoms with Gasteiger partial charge in [-0.05, 0) is 37.5 Å². The molecule has 166 valence electrons. The van der Waals surface area contributed by atoms with Gasteiger partial charge in [0.25, 0.3) is 0 Å². The molecule has 1 aliphatic carbocycles. The molecule has 0 aliphatic heterocycles. The Labute approximate surface area is 189 Å². The Balaban J connectivity index is 1.32. The van der Waals surface area contributed by atoms with Crippen molar-refractivity contribution >= 4 is 29.2 Å². The summed E-state index contributed by atoms with van der Waals surface area (Å²) in [5, 5.41) is 16.7. The Morgan fingerprint density at radius 1 is 1.09 bits per heavy atom. The summed E-state index contributed by atoms with van der Waals surface area (Å²) in [5.41, 5.74) is 2.31. The van der Waals surface area contributed by atoms with Crippen LogP contribution in [0.5, 0.6) is 5.75 Å². The van der Waals surface area contributed by atoms with Crippen molar-refractivity contribution in [2.75, 3.05) is 16.0 Å². The zero-order chi connectivity index (χ0) is 22.6. The van der Waals surface area contributed by atoms with Crippen LogP contribution in [0.25, 0.3) is 5.82 Å². The highest BCUT2D eigenvalue weighted by molar-refractivity contribution is 5.87. The Hall–Kier alpha value is -4.54. The van der Waals surface area contributed by atoms with Crippen LogP contribution in [0.4, 0.5) is 27.9 Å². The summed E-state index contributed by atoms with van der Waals surface area (Å²) >= 11 is 0. The van der Waals surface area contributed by atoms with Crippen LogP contribution in [0.3, 0.4) is 0 Å². The highest BCUT2D eigenvalue weighted by atomic mass is 16.6. The average Bonchev–Trinajstić information content (AvgIpc) is 3.51. The summed E-state index contributed by atoms with van der Waals surface area (Å²) in [6.07, 6.45) is 9.54. The first-order valence-corrected chi connectivity index (χ1v) is 10.4. The molecule has 5 rings (SSSR count). The summed E-state index contributed by atoms with van der Waals surface area (Å²) in [7, 11) is 0. The van der Waals surface area contributed by atoms with Crippen molar-refractivity contribution in [2.24, 2.45) is 0 Å². The third-order valence-corrected chi connectivity index (χ3v) is 4.97. The highest BCUT2D eigenvalue weighted by Gasteiger charge is 2.21. The number of nitrogens with zero attached hydrogens (tertiary/aromatic N) is 6. The van der Waals surface area contributed by atoms with Gasteiger partial charge in [0, 0.05) is 41.9 Å². The lowest BCUT2D eigenvalue weighted by Gasteiger charge is -2.14. The fourth-order valence-electron chi connectivity index (χ4n) is 3.12. The fraction of sp³-hybridized carbons (Fsp3) is 0.182. The van der Waals surface area contributed by atoms with Gasteiger partial charge in [-0.15, -0.1) is 0 Å². The average molecular weight is 443 g/mol. The molecule has 0 unspecified atom stereocenters. The molecule has 1 amide bonds. The SMILES string of the molecule is Cc1ccc(NC(=O)Oc2ccnnc2)cc1Nc1nccn1-c1cc(NC2CC2)ncn1. The number of hydrogen-bond acceptors (Lipinski definition) is 9. The normalized spacial score (nSPS) is 12.8. The molecule has 0 bridgehead atoms. The number of amides is 1. The molecule has 1 aliphatic rings. The molecule has 0 saturated heterocycles. The Morgan fingerprint density at radius 3 is 2.82 bits per heavy atom. The first-order chi connectivity index (χ1) is 16.1. The smallest absolute Gasteiger partial charge is 0.408 e. The molecule has 1 saturated carbocycles. The zero-order valence-electron chi connectivity index (χ0n) is 17.8. The number of hydrogen-bond donors (Lipinski definition) is 3. The van der Waals surface area contributed by atoms with E-state index in [-0.39, 0.29) is 0 Å². The molecule has 0 atom stereocenters. The van der Waals surface area contributed by atoms with Gasteiger partial charge >= 0.3 is 6.09 Å². The zero-order valence-corrected chi connectivity index (χ0v) is 17.8. The molecule has 1 fully saturated rings. The maximum atomic E-state index is 12.2. The van der Waals surface area contributed by atoms with Crippen LogP contribution in [0.2, 0.25) is 0 Å². The van der Waals surface area contributed by atoms with Crippen LogP contribution < -0.4 is 20.7 Å². The van der Waals surface area contributed by atoms with E-state index in [1.54, 1.807) is 24.4 Å². The van der Waals surface area contributed by atoms with Crippen molar-refractivity contribution in [1.29, 1.82) is 0 Å². The molecule has 11 heteroatoms. The van der Waals surface area contributed by atoms with Crippen LogP contribution in [-0.4, -0.2) is 41.9 Å². The van der Waals surface area contributed by atoms with E-state index in [9.17, 15) is 4.79 Å². The molecule has 33 heavy (non-hydrogen) atoms. The van der Waals surface area contributed by atoms with Crippen LogP contribution in [-0.2, 0) is 0 Å². The van der Waals surface area contributed by atoms with Gasteiger partial charge in [-0.1, -0.05) is 6.07 Å². The van der Waals surface area contributed by atoms with Gasteiger partial charge in [0.05, 0.1) is 12.4 Å². The first kappa shape index (κ1) is 20.4. The largest absolute Gasteiger partial charge is 0.417 e. The predicted octanol–water partition coefficient (Wildman–Crippen LogP) is 3.69. The minimum atomic E-state index is -0.629. The van der Waals surface area contributed by atoms with Crippen molar-refractivity contribution < 1.29 is 9.53 Å². The number of rotatable bonds is 7. The van der Waals surface area contributed by atoms with E-state index >= 15 is 0 Å². The van der Waals surface area contributed by atoms with Gasteiger partial charge < -0.3 is 15.4 Å². The van der Waals surface area contributed by atoms with Crippen molar-refractivity contribution in [3.8, 4) is 11.6 Å². The van der Waals surface area contributed by atoms with E-state index in [1.165, 1.54) is 18.7 Å². The van der Waals surface area contributed by atoms with E-state index in [4.69, 9.17) is 4.74 Å². The van der Waals surface area contributed by atoms with E-state index < -0.39 is 6.09 Å². The third-order valence-electron chi connectivity index (χ3n) is 4.97. The number of carbonyl (C=O) groups excluding carboxylic acids is 1. The summed E-state index contributed by atoms with van der Waals surface area (Å²) in [4.78, 5) is 25.3. The number of carbonyl (C=O) groups is 1. The van der Waals surface area contributed by atoms with Crippen molar-refractivity contribution in [3.63, 3.8) is 0 Å². The summed E-state index contributed by atoms with van der Waals surface area (Å²) in [6.45, 7) is 1.96. The second-order valence-corrected chi connectivity index (χ2v) is 7.55. The molecular weight excluding hydrogens is 422 g/mol. The van der Waals surface area contributed by atoms with Gasteiger partial charge in [-0.2, -0.15) is 10.2 Å². The second kappa shape index (κ2) is 8.91. The second-order valence-electron chi connectivity index (χ2n) is 7.55. The van der Waals surface area contributed by atoms with Gasteiger partial charge in [0.2, 0.25) is 5.95 Å². The lowest BCUT2D eigenvalue weighted by Crippen LogP contribution is -2.17. The maximum absolute atomic E-state index is 12.2. The number of aryl methyl sites for hydroxylation is 1.